The van der Waals surface area contributed by atoms with E-state index in [9.17, 15) is 19.2 Å². The number of pyridine rings is 2. The molecular formula is C40H36N2O8S2. The molecule has 0 unspecified atom stereocenters. The molecule has 0 aliphatic heterocycles. The molecular weight excluding hydrogens is 701 g/mol. The van der Waals surface area contributed by atoms with Gasteiger partial charge in [0.25, 0.3) is 0 Å². The van der Waals surface area contributed by atoms with Crippen LogP contribution >= 0.6 is 22.7 Å². The van der Waals surface area contributed by atoms with Gasteiger partial charge in [0.1, 0.15) is 0 Å². The normalized spacial score (nSPS) is 15.0. The van der Waals surface area contributed by atoms with Gasteiger partial charge in [0.2, 0.25) is 0 Å². The van der Waals surface area contributed by atoms with Gasteiger partial charge in [-0.2, -0.15) is 0 Å². The Bertz CT molecular complexity index is 2070. The summed E-state index contributed by atoms with van der Waals surface area (Å²) in [6.45, 7) is 3.92. The van der Waals surface area contributed by atoms with Gasteiger partial charge < -0.3 is 18.9 Å². The van der Waals surface area contributed by atoms with Crippen molar-refractivity contribution in [2.75, 3.05) is 28.4 Å². The molecule has 5 aromatic rings. The number of carbonyl (C=O) groups is 4. The van der Waals surface area contributed by atoms with Crippen LogP contribution in [-0.4, -0.2) is 62.3 Å². The molecule has 0 spiro atoms. The van der Waals surface area contributed by atoms with Crippen molar-refractivity contribution in [3.8, 4) is 43.7 Å². The van der Waals surface area contributed by atoms with E-state index in [1.807, 2.05) is 73.1 Å². The average Bonchev–Trinajstić information content (AvgIpc) is 4.01. The molecule has 7 rings (SSSR count). The summed E-state index contributed by atoms with van der Waals surface area (Å²) in [5.41, 5.74) is 6.52. The molecule has 4 aromatic heterocycles. The average molecular weight is 737 g/mol. The van der Waals surface area contributed by atoms with Crippen LogP contribution in [0.2, 0.25) is 0 Å². The smallest absolute Gasteiger partial charge is 0.323 e. The minimum absolute atomic E-state index is 0.117. The van der Waals surface area contributed by atoms with Crippen LogP contribution in [0.5, 0.6) is 0 Å². The summed E-state index contributed by atoms with van der Waals surface area (Å²) in [4.78, 5) is 65.3. The fourth-order valence-electron chi connectivity index (χ4n) is 7.88. The summed E-state index contributed by atoms with van der Waals surface area (Å²) in [7, 11) is 5.12. The van der Waals surface area contributed by atoms with Gasteiger partial charge >= 0.3 is 23.9 Å². The second-order valence-corrected chi connectivity index (χ2v) is 15.1. The number of ether oxygens (including phenoxy) is 4. The molecule has 0 fully saturated rings. The van der Waals surface area contributed by atoms with Gasteiger partial charge in [0.05, 0.1) is 61.0 Å². The van der Waals surface area contributed by atoms with Crippen LogP contribution in [0.3, 0.4) is 0 Å². The summed E-state index contributed by atoms with van der Waals surface area (Å²) < 4.78 is 20.6. The number of thiophene rings is 2. The fraction of sp³-hybridized carbons (Fsp3) is 0.300. The molecule has 4 heterocycles. The summed E-state index contributed by atoms with van der Waals surface area (Å²) in [5.74, 6) is -2.56. The lowest BCUT2D eigenvalue weighted by atomic mass is 9.84. The van der Waals surface area contributed by atoms with Crippen LogP contribution < -0.4 is 0 Å². The largest absolute Gasteiger partial charge is 0.468 e. The molecule has 0 amide bonds. The predicted octanol–water partition coefficient (Wildman–Crippen LogP) is 6.75. The third-order valence-electron chi connectivity index (χ3n) is 10.5. The molecule has 1 aromatic carbocycles. The van der Waals surface area contributed by atoms with Crippen molar-refractivity contribution < 1.29 is 38.1 Å². The van der Waals surface area contributed by atoms with Crippen LogP contribution in [0, 0.1) is 24.7 Å². The van der Waals surface area contributed by atoms with Gasteiger partial charge in [-0.25, -0.2) is 9.97 Å². The number of esters is 4. The maximum atomic E-state index is 13.2. The maximum absolute atomic E-state index is 13.2. The summed E-state index contributed by atoms with van der Waals surface area (Å²) in [5, 5.41) is 3.93. The first-order chi connectivity index (χ1) is 25.0. The molecule has 0 bridgehead atoms. The Morgan fingerprint density at radius 2 is 0.904 bits per heavy atom. The quantitative estimate of drug-likeness (QED) is 0.0959. The summed E-state index contributed by atoms with van der Waals surface area (Å²) in [6, 6.07) is 15.8. The zero-order chi connectivity index (χ0) is 36.9. The van der Waals surface area contributed by atoms with Crippen molar-refractivity contribution in [2.24, 2.45) is 10.8 Å². The van der Waals surface area contributed by atoms with Crippen LogP contribution in [0.25, 0.3) is 43.7 Å². The molecule has 266 valence electrons. The molecule has 12 heteroatoms. The minimum Gasteiger partial charge on any atom is -0.468 e. The highest BCUT2D eigenvalue weighted by Gasteiger charge is 2.55. The van der Waals surface area contributed by atoms with E-state index >= 15 is 0 Å². The van der Waals surface area contributed by atoms with Gasteiger partial charge in [-0.1, -0.05) is 30.3 Å². The zero-order valence-electron chi connectivity index (χ0n) is 29.6. The number of fused-ring (bicyclic) bond motifs is 2. The SMILES string of the molecule is COC(=O)C1(C(=O)OC)Cc2c(-c3cccs3)nc(-c3cccc(-c4nc(-c5cccs5)c5c(c4C)CC(C(=O)OC)(C(=O)OC)C5)c3)c(C)c2C1. The number of hydrogen-bond acceptors (Lipinski definition) is 12. The Labute approximate surface area is 308 Å². The Kier molecular flexibility index (Phi) is 9.08. The number of methoxy groups -OCH3 is 4. The second-order valence-electron chi connectivity index (χ2n) is 13.2. The second kappa shape index (κ2) is 13.4. The van der Waals surface area contributed by atoms with Gasteiger partial charge in [0, 0.05) is 36.8 Å². The Balaban J connectivity index is 1.40. The van der Waals surface area contributed by atoms with Crippen LogP contribution in [0.15, 0.2) is 59.3 Å². The monoisotopic (exact) mass is 736 g/mol. The zero-order valence-corrected chi connectivity index (χ0v) is 31.2. The maximum Gasteiger partial charge on any atom is 0.323 e. The number of aromatic nitrogens is 2. The summed E-state index contributed by atoms with van der Waals surface area (Å²) >= 11 is 3.06. The highest BCUT2D eigenvalue weighted by molar-refractivity contribution is 7.13. The van der Waals surface area contributed by atoms with Crippen molar-refractivity contribution in [2.45, 2.75) is 39.5 Å². The van der Waals surface area contributed by atoms with Crippen LogP contribution in [0.1, 0.15) is 33.4 Å². The van der Waals surface area contributed by atoms with Crippen LogP contribution in [0.4, 0.5) is 0 Å². The lowest BCUT2D eigenvalue weighted by molar-refractivity contribution is -0.170. The van der Waals surface area contributed by atoms with Crippen molar-refractivity contribution in [3.05, 3.63) is 92.7 Å². The lowest BCUT2D eigenvalue weighted by Crippen LogP contribution is -2.42. The third-order valence-corrected chi connectivity index (χ3v) is 12.3. The highest BCUT2D eigenvalue weighted by atomic mass is 32.1. The number of rotatable bonds is 8. The van der Waals surface area contributed by atoms with E-state index in [4.69, 9.17) is 28.9 Å². The van der Waals surface area contributed by atoms with Crippen molar-refractivity contribution in [1.82, 2.24) is 9.97 Å². The van der Waals surface area contributed by atoms with E-state index in [1.54, 1.807) is 0 Å². The Hall–Kier alpha value is -5.20. The number of carbonyl (C=O) groups excluding carboxylic acids is 4. The Morgan fingerprint density at radius 3 is 1.23 bits per heavy atom. The number of nitrogens with zero attached hydrogens (tertiary/aromatic N) is 2. The van der Waals surface area contributed by atoms with E-state index in [0.717, 1.165) is 54.3 Å². The Morgan fingerprint density at radius 1 is 0.538 bits per heavy atom. The predicted molar refractivity (Wildman–Crippen MR) is 197 cm³/mol. The molecule has 0 saturated heterocycles. The third kappa shape index (κ3) is 5.35. The molecule has 52 heavy (non-hydrogen) atoms. The summed E-state index contributed by atoms with van der Waals surface area (Å²) in [6.07, 6.45) is 0.481. The first kappa shape index (κ1) is 35.2. The van der Waals surface area contributed by atoms with E-state index in [0.29, 0.717) is 22.8 Å². The highest BCUT2D eigenvalue weighted by Crippen LogP contribution is 2.49. The number of benzene rings is 1. The van der Waals surface area contributed by atoms with Crippen molar-refractivity contribution in [1.29, 1.82) is 0 Å². The topological polar surface area (TPSA) is 131 Å². The first-order valence-corrected chi connectivity index (χ1v) is 18.4. The lowest BCUT2D eigenvalue weighted by Gasteiger charge is -2.22. The van der Waals surface area contributed by atoms with Crippen molar-refractivity contribution >= 4 is 46.6 Å². The van der Waals surface area contributed by atoms with E-state index in [-0.39, 0.29) is 25.7 Å². The van der Waals surface area contributed by atoms with Crippen molar-refractivity contribution in [3.63, 3.8) is 0 Å². The molecule has 10 nitrogen and oxygen atoms in total. The van der Waals surface area contributed by atoms with Gasteiger partial charge in [-0.15, -0.1) is 22.7 Å². The van der Waals surface area contributed by atoms with E-state index in [1.165, 1.54) is 51.1 Å². The minimum atomic E-state index is -1.52. The number of hydrogen-bond donors (Lipinski definition) is 0. The van der Waals surface area contributed by atoms with E-state index in [2.05, 4.69) is 0 Å². The molecule has 0 radical (unpaired) electrons. The van der Waals surface area contributed by atoms with Gasteiger partial charge in [-0.05, 0) is 76.2 Å². The van der Waals surface area contributed by atoms with Gasteiger partial charge in [0.15, 0.2) is 10.8 Å². The molecule has 2 aliphatic carbocycles. The van der Waals surface area contributed by atoms with E-state index < -0.39 is 34.7 Å². The molecule has 0 atom stereocenters. The van der Waals surface area contributed by atoms with Crippen LogP contribution in [-0.2, 0) is 63.8 Å². The molecule has 0 saturated carbocycles. The fourth-order valence-corrected chi connectivity index (χ4v) is 9.36. The standard InChI is InChI=1S/C40H36N2O8S2/c1-21-25-17-39(35(43)47-3,36(44)48-4)19-27(25)33(29-12-8-14-51-29)41-31(21)23-10-7-11-24(16-23)32-22(2)26-18-40(37(45)49-5,38(46)50-6)20-28(26)34(42-32)30-13-9-15-52-30/h7-16H,17-20H2,1-6H3. The molecule has 0 N–H and O–H groups in total. The first-order valence-electron chi connectivity index (χ1n) is 16.6. The molecule has 2 aliphatic rings. The van der Waals surface area contributed by atoms with Gasteiger partial charge in [-0.3, -0.25) is 19.2 Å².